The highest BCUT2D eigenvalue weighted by Gasteiger charge is 2.14. The Labute approximate surface area is 126 Å². The molecule has 2 heterocycles. The molecule has 0 saturated carbocycles. The molecule has 2 nitrogen and oxygen atoms in total. The van der Waals surface area contributed by atoms with Crippen molar-refractivity contribution < 1.29 is 4.79 Å². The Balaban J connectivity index is 2.40. The molecular formula is C16H12ClNOS. The van der Waals surface area contributed by atoms with E-state index in [9.17, 15) is 4.79 Å². The number of aryl methyl sites for hydroxylation is 2. The summed E-state index contributed by atoms with van der Waals surface area (Å²) in [5, 5.41) is 2.37. The van der Waals surface area contributed by atoms with Gasteiger partial charge in [-0.25, -0.2) is 4.98 Å². The first-order chi connectivity index (χ1) is 9.56. The van der Waals surface area contributed by atoms with Gasteiger partial charge in [-0.15, -0.1) is 11.3 Å². The lowest BCUT2D eigenvalue weighted by Gasteiger charge is -2.09. The highest BCUT2D eigenvalue weighted by Crippen LogP contribution is 2.30. The van der Waals surface area contributed by atoms with Crippen LogP contribution in [0.25, 0.3) is 21.5 Å². The van der Waals surface area contributed by atoms with Gasteiger partial charge in [0.2, 0.25) is 0 Å². The first-order valence-corrected chi connectivity index (χ1v) is 7.48. The number of carbonyl (C=O) groups excluding carboxylic acids is 1. The summed E-state index contributed by atoms with van der Waals surface area (Å²) in [6.45, 7) is 4.01. The van der Waals surface area contributed by atoms with Gasteiger partial charge in [-0.2, -0.15) is 0 Å². The predicted molar refractivity (Wildman–Crippen MR) is 84.7 cm³/mol. The van der Waals surface area contributed by atoms with Crippen molar-refractivity contribution in [3.05, 3.63) is 52.4 Å². The van der Waals surface area contributed by atoms with Gasteiger partial charge in [0, 0.05) is 10.9 Å². The maximum Gasteiger partial charge on any atom is 0.253 e. The minimum absolute atomic E-state index is 0.444. The topological polar surface area (TPSA) is 30.0 Å². The molecule has 0 fully saturated rings. The quantitative estimate of drug-likeness (QED) is 0.626. The molecule has 3 aromatic rings. The number of fused-ring (bicyclic) bond motifs is 1. The van der Waals surface area contributed by atoms with E-state index in [1.165, 1.54) is 0 Å². The molecule has 1 aromatic carbocycles. The van der Waals surface area contributed by atoms with Gasteiger partial charge < -0.3 is 0 Å². The fraction of sp³-hybridized carbons (Fsp3) is 0.125. The second kappa shape index (κ2) is 5.00. The molecule has 2 aromatic heterocycles. The van der Waals surface area contributed by atoms with Crippen molar-refractivity contribution in [2.75, 3.05) is 0 Å². The van der Waals surface area contributed by atoms with Crippen molar-refractivity contribution >= 4 is 39.1 Å². The molecule has 0 N–H and O–H groups in total. The average molecular weight is 302 g/mol. The molecule has 3 rings (SSSR count). The molecule has 0 radical (unpaired) electrons. The minimum atomic E-state index is -0.444. The van der Waals surface area contributed by atoms with E-state index in [1.807, 2.05) is 37.4 Å². The number of halogens is 1. The number of nitrogens with zero attached hydrogens (tertiary/aromatic N) is 1. The number of thiophene rings is 1. The van der Waals surface area contributed by atoms with Crippen molar-refractivity contribution in [3.8, 4) is 10.6 Å². The molecular weight excluding hydrogens is 290 g/mol. The van der Waals surface area contributed by atoms with Crippen LogP contribution in [0.2, 0.25) is 0 Å². The molecule has 0 saturated heterocycles. The van der Waals surface area contributed by atoms with Crippen molar-refractivity contribution in [1.82, 2.24) is 4.98 Å². The third-order valence-electron chi connectivity index (χ3n) is 3.23. The molecule has 0 spiro atoms. The summed E-state index contributed by atoms with van der Waals surface area (Å²) in [6, 6.07) is 9.77. The summed E-state index contributed by atoms with van der Waals surface area (Å²) in [5.41, 5.74) is 4.30. The highest BCUT2D eigenvalue weighted by atomic mass is 35.5. The fourth-order valence-electron chi connectivity index (χ4n) is 2.39. The van der Waals surface area contributed by atoms with Crippen LogP contribution < -0.4 is 0 Å². The average Bonchev–Trinajstić information content (AvgIpc) is 2.91. The van der Waals surface area contributed by atoms with Gasteiger partial charge >= 0.3 is 0 Å². The number of aromatic nitrogens is 1. The summed E-state index contributed by atoms with van der Waals surface area (Å²) in [4.78, 5) is 17.5. The normalized spacial score (nSPS) is 10.9. The van der Waals surface area contributed by atoms with Gasteiger partial charge in [0.25, 0.3) is 5.24 Å². The van der Waals surface area contributed by atoms with Crippen LogP contribution in [-0.2, 0) is 0 Å². The molecule has 4 heteroatoms. The monoisotopic (exact) mass is 301 g/mol. The predicted octanol–water partition coefficient (Wildman–Crippen LogP) is 4.96. The second-order valence-corrected chi connectivity index (χ2v) is 6.08. The third-order valence-corrected chi connectivity index (χ3v) is 4.33. The Morgan fingerprint density at radius 2 is 2.05 bits per heavy atom. The zero-order valence-corrected chi connectivity index (χ0v) is 12.7. The van der Waals surface area contributed by atoms with Crippen molar-refractivity contribution in [2.24, 2.45) is 0 Å². The standard InChI is InChI=1S/C16H12ClNOS/c1-9-6-10(2)15-11(7-9)12(16(17)19)8-13(18-15)14-4-3-5-20-14/h3-8H,1-2H3. The summed E-state index contributed by atoms with van der Waals surface area (Å²) < 4.78 is 0. The molecule has 20 heavy (non-hydrogen) atoms. The Hall–Kier alpha value is -1.71. The second-order valence-electron chi connectivity index (χ2n) is 4.78. The molecule has 0 aliphatic rings. The van der Waals surface area contributed by atoms with E-state index in [0.717, 1.165) is 32.6 Å². The maximum absolute atomic E-state index is 11.7. The molecule has 100 valence electrons. The van der Waals surface area contributed by atoms with E-state index in [4.69, 9.17) is 16.6 Å². The van der Waals surface area contributed by atoms with Gasteiger partial charge in [-0.1, -0.05) is 17.7 Å². The van der Waals surface area contributed by atoms with Crippen LogP contribution in [-0.4, -0.2) is 10.2 Å². The van der Waals surface area contributed by atoms with Crippen molar-refractivity contribution in [3.63, 3.8) is 0 Å². The minimum Gasteiger partial charge on any atom is -0.276 e. The molecule has 0 aliphatic carbocycles. The van der Waals surface area contributed by atoms with E-state index in [1.54, 1.807) is 17.4 Å². The van der Waals surface area contributed by atoms with Gasteiger partial charge in [0.05, 0.1) is 16.1 Å². The van der Waals surface area contributed by atoms with Gasteiger partial charge in [-0.05, 0) is 54.6 Å². The summed E-state index contributed by atoms with van der Waals surface area (Å²) >= 11 is 7.35. The van der Waals surface area contributed by atoms with Crippen LogP contribution in [0.5, 0.6) is 0 Å². The van der Waals surface area contributed by atoms with E-state index in [2.05, 4.69) is 6.07 Å². The molecule has 0 aliphatic heterocycles. The fourth-order valence-corrected chi connectivity index (χ4v) is 3.24. The zero-order chi connectivity index (χ0) is 14.3. The van der Waals surface area contributed by atoms with Gasteiger partial charge in [-0.3, -0.25) is 4.79 Å². The molecule has 0 unspecified atom stereocenters. The Bertz CT molecular complexity index is 809. The molecule has 0 amide bonds. The Kier molecular flexibility index (Phi) is 3.32. The summed E-state index contributed by atoms with van der Waals surface area (Å²) in [7, 11) is 0. The number of hydrogen-bond acceptors (Lipinski definition) is 3. The van der Waals surface area contributed by atoms with Crippen molar-refractivity contribution in [2.45, 2.75) is 13.8 Å². The van der Waals surface area contributed by atoms with Gasteiger partial charge in [0.1, 0.15) is 0 Å². The number of benzene rings is 1. The van der Waals surface area contributed by atoms with Gasteiger partial charge in [0.15, 0.2) is 0 Å². The number of pyridine rings is 1. The third kappa shape index (κ3) is 2.23. The molecule has 0 bridgehead atoms. The summed E-state index contributed by atoms with van der Waals surface area (Å²) in [5.74, 6) is 0. The number of rotatable bonds is 2. The van der Waals surface area contributed by atoms with Crippen molar-refractivity contribution in [1.29, 1.82) is 0 Å². The van der Waals surface area contributed by atoms with E-state index < -0.39 is 5.24 Å². The van der Waals surface area contributed by atoms with E-state index in [0.29, 0.717) is 5.56 Å². The lowest BCUT2D eigenvalue weighted by Crippen LogP contribution is -1.97. The van der Waals surface area contributed by atoms with Crippen LogP contribution >= 0.6 is 22.9 Å². The molecule has 0 atom stereocenters. The largest absolute Gasteiger partial charge is 0.276 e. The lowest BCUT2D eigenvalue weighted by atomic mass is 10.0. The summed E-state index contributed by atoms with van der Waals surface area (Å²) in [6.07, 6.45) is 0. The first kappa shape index (κ1) is 13.3. The highest BCUT2D eigenvalue weighted by molar-refractivity contribution is 7.13. The van der Waals surface area contributed by atoms with E-state index in [-0.39, 0.29) is 0 Å². The SMILES string of the molecule is Cc1cc(C)c2nc(-c3cccs3)cc(C(=O)Cl)c2c1. The van der Waals surface area contributed by atoms with E-state index >= 15 is 0 Å². The smallest absolute Gasteiger partial charge is 0.253 e. The zero-order valence-electron chi connectivity index (χ0n) is 11.1. The lowest BCUT2D eigenvalue weighted by molar-refractivity contribution is 0.108. The Morgan fingerprint density at radius 3 is 2.70 bits per heavy atom. The van der Waals surface area contributed by atoms with Crippen LogP contribution in [0.1, 0.15) is 21.5 Å². The Morgan fingerprint density at radius 1 is 1.25 bits per heavy atom. The first-order valence-electron chi connectivity index (χ1n) is 6.22. The van der Waals surface area contributed by atoms with Crippen LogP contribution in [0.4, 0.5) is 0 Å². The maximum atomic E-state index is 11.7. The number of hydrogen-bond donors (Lipinski definition) is 0. The van der Waals surface area contributed by atoms with Crippen LogP contribution in [0.15, 0.2) is 35.7 Å². The van der Waals surface area contributed by atoms with Crippen LogP contribution in [0.3, 0.4) is 0 Å². The number of carbonyl (C=O) groups is 1. The van der Waals surface area contributed by atoms with Crippen LogP contribution in [0, 0.1) is 13.8 Å².